The predicted molar refractivity (Wildman–Crippen MR) is 63.4 cm³/mol. The molecule has 0 atom stereocenters. The van der Waals surface area contributed by atoms with E-state index in [0.29, 0.717) is 5.95 Å². The number of nitrogens with two attached hydrogens (primary N) is 1. The first-order valence-corrected chi connectivity index (χ1v) is 4.95. The van der Waals surface area contributed by atoms with Gasteiger partial charge in [0, 0.05) is 11.4 Å². The standard InChI is InChI=1S/C11H13N5/c1-7-8(2)15-16-11(13-7)14-10-5-3-9(12)4-6-10/h3-6H,12H2,1-2H3,(H,13,14,16). The maximum absolute atomic E-state index is 5.59. The Balaban J connectivity index is 2.20. The molecule has 3 N–H and O–H groups in total. The number of rotatable bonds is 2. The molecule has 0 spiro atoms. The number of nitrogens with zero attached hydrogens (tertiary/aromatic N) is 3. The molecule has 0 unspecified atom stereocenters. The van der Waals surface area contributed by atoms with Gasteiger partial charge in [0.05, 0.1) is 11.4 Å². The van der Waals surface area contributed by atoms with Crippen molar-refractivity contribution in [1.82, 2.24) is 15.2 Å². The summed E-state index contributed by atoms with van der Waals surface area (Å²) in [7, 11) is 0. The molecular formula is C11H13N5. The fraction of sp³-hybridized carbons (Fsp3) is 0.182. The summed E-state index contributed by atoms with van der Waals surface area (Å²) in [6.07, 6.45) is 0. The first kappa shape index (κ1) is 10.4. The van der Waals surface area contributed by atoms with Crippen LogP contribution < -0.4 is 11.1 Å². The van der Waals surface area contributed by atoms with Crippen molar-refractivity contribution in [3.05, 3.63) is 35.7 Å². The second-order valence-corrected chi connectivity index (χ2v) is 3.55. The molecule has 1 heterocycles. The second kappa shape index (κ2) is 4.14. The zero-order valence-electron chi connectivity index (χ0n) is 9.23. The molecule has 0 aliphatic rings. The summed E-state index contributed by atoms with van der Waals surface area (Å²) in [4.78, 5) is 4.27. The average Bonchev–Trinajstić information content (AvgIpc) is 2.27. The number of aromatic nitrogens is 3. The van der Waals surface area contributed by atoms with Crippen LogP contribution in [-0.4, -0.2) is 15.2 Å². The quantitative estimate of drug-likeness (QED) is 0.747. The molecule has 0 aliphatic carbocycles. The van der Waals surface area contributed by atoms with Crippen LogP contribution in [0.1, 0.15) is 11.4 Å². The summed E-state index contributed by atoms with van der Waals surface area (Å²) in [5, 5.41) is 11.0. The highest BCUT2D eigenvalue weighted by atomic mass is 15.2. The summed E-state index contributed by atoms with van der Waals surface area (Å²) < 4.78 is 0. The number of hydrogen-bond acceptors (Lipinski definition) is 5. The van der Waals surface area contributed by atoms with E-state index < -0.39 is 0 Å². The number of hydrogen-bond donors (Lipinski definition) is 2. The van der Waals surface area contributed by atoms with Crippen molar-refractivity contribution in [2.24, 2.45) is 0 Å². The molecular weight excluding hydrogens is 202 g/mol. The highest BCUT2D eigenvalue weighted by molar-refractivity contribution is 5.56. The Morgan fingerprint density at radius 1 is 1.00 bits per heavy atom. The van der Waals surface area contributed by atoms with Gasteiger partial charge in [0.1, 0.15) is 0 Å². The largest absolute Gasteiger partial charge is 0.399 e. The lowest BCUT2D eigenvalue weighted by molar-refractivity contribution is 0.905. The maximum atomic E-state index is 5.59. The van der Waals surface area contributed by atoms with E-state index in [9.17, 15) is 0 Å². The van der Waals surface area contributed by atoms with Crippen molar-refractivity contribution in [2.45, 2.75) is 13.8 Å². The van der Waals surface area contributed by atoms with Gasteiger partial charge in [0.25, 0.3) is 0 Å². The Kier molecular flexibility index (Phi) is 2.68. The van der Waals surface area contributed by atoms with E-state index in [1.165, 1.54) is 0 Å². The van der Waals surface area contributed by atoms with Gasteiger partial charge in [0.2, 0.25) is 5.95 Å². The van der Waals surface area contributed by atoms with E-state index in [4.69, 9.17) is 5.73 Å². The van der Waals surface area contributed by atoms with E-state index in [2.05, 4.69) is 20.5 Å². The van der Waals surface area contributed by atoms with Crippen molar-refractivity contribution >= 4 is 17.3 Å². The molecule has 5 nitrogen and oxygen atoms in total. The maximum Gasteiger partial charge on any atom is 0.247 e. The fourth-order valence-corrected chi connectivity index (χ4v) is 1.21. The number of nitrogen functional groups attached to an aromatic ring is 1. The van der Waals surface area contributed by atoms with Crippen LogP contribution in [0.25, 0.3) is 0 Å². The molecule has 0 bridgehead atoms. The molecule has 1 aromatic heterocycles. The Morgan fingerprint density at radius 3 is 2.31 bits per heavy atom. The fourth-order valence-electron chi connectivity index (χ4n) is 1.21. The minimum absolute atomic E-state index is 0.493. The minimum atomic E-state index is 0.493. The van der Waals surface area contributed by atoms with Crippen LogP contribution >= 0.6 is 0 Å². The molecule has 2 aromatic rings. The van der Waals surface area contributed by atoms with Crippen LogP contribution in [-0.2, 0) is 0 Å². The van der Waals surface area contributed by atoms with Crippen LogP contribution in [0.5, 0.6) is 0 Å². The van der Waals surface area contributed by atoms with E-state index in [1.54, 1.807) is 0 Å². The van der Waals surface area contributed by atoms with Crippen molar-refractivity contribution < 1.29 is 0 Å². The minimum Gasteiger partial charge on any atom is -0.399 e. The normalized spacial score (nSPS) is 10.1. The lowest BCUT2D eigenvalue weighted by Gasteiger charge is -2.05. The van der Waals surface area contributed by atoms with E-state index in [0.717, 1.165) is 22.8 Å². The molecule has 1 aromatic carbocycles. The van der Waals surface area contributed by atoms with Crippen molar-refractivity contribution in [3.8, 4) is 0 Å². The van der Waals surface area contributed by atoms with Gasteiger partial charge in [-0.05, 0) is 38.1 Å². The summed E-state index contributed by atoms with van der Waals surface area (Å²) in [6.45, 7) is 3.78. The highest BCUT2D eigenvalue weighted by Gasteiger charge is 2.01. The SMILES string of the molecule is Cc1nnc(Nc2ccc(N)cc2)nc1C. The lowest BCUT2D eigenvalue weighted by Crippen LogP contribution is -2.02. The number of anilines is 3. The smallest absolute Gasteiger partial charge is 0.247 e. The van der Waals surface area contributed by atoms with Crippen LogP contribution in [0, 0.1) is 13.8 Å². The molecule has 0 radical (unpaired) electrons. The van der Waals surface area contributed by atoms with Gasteiger partial charge in [-0.2, -0.15) is 5.10 Å². The molecule has 0 saturated heterocycles. The third kappa shape index (κ3) is 2.25. The van der Waals surface area contributed by atoms with Crippen LogP contribution in [0.2, 0.25) is 0 Å². The van der Waals surface area contributed by atoms with Gasteiger partial charge in [0.15, 0.2) is 0 Å². The van der Waals surface area contributed by atoms with Crippen molar-refractivity contribution in [2.75, 3.05) is 11.1 Å². The molecule has 0 amide bonds. The number of aryl methyl sites for hydroxylation is 2. The van der Waals surface area contributed by atoms with Crippen LogP contribution in [0.15, 0.2) is 24.3 Å². The van der Waals surface area contributed by atoms with Gasteiger partial charge >= 0.3 is 0 Å². The summed E-state index contributed by atoms with van der Waals surface area (Å²) in [5.41, 5.74) is 8.91. The van der Waals surface area contributed by atoms with Gasteiger partial charge in [-0.3, -0.25) is 0 Å². The third-order valence-corrected chi connectivity index (χ3v) is 2.26. The summed E-state index contributed by atoms with van der Waals surface area (Å²) in [6, 6.07) is 7.37. The Bertz CT molecular complexity index is 492. The Morgan fingerprint density at radius 2 is 1.69 bits per heavy atom. The first-order chi connectivity index (χ1) is 7.65. The zero-order valence-corrected chi connectivity index (χ0v) is 9.23. The molecule has 0 aliphatic heterocycles. The molecule has 2 rings (SSSR count). The summed E-state index contributed by atoms with van der Waals surface area (Å²) >= 11 is 0. The zero-order chi connectivity index (χ0) is 11.5. The van der Waals surface area contributed by atoms with Crippen LogP contribution in [0.4, 0.5) is 17.3 Å². The van der Waals surface area contributed by atoms with Gasteiger partial charge in [-0.1, -0.05) is 0 Å². The third-order valence-electron chi connectivity index (χ3n) is 2.26. The van der Waals surface area contributed by atoms with Crippen molar-refractivity contribution in [1.29, 1.82) is 0 Å². The molecule has 5 heteroatoms. The van der Waals surface area contributed by atoms with Gasteiger partial charge in [-0.15, -0.1) is 5.10 Å². The van der Waals surface area contributed by atoms with Crippen molar-refractivity contribution in [3.63, 3.8) is 0 Å². The number of benzene rings is 1. The van der Waals surface area contributed by atoms with E-state index in [1.807, 2.05) is 38.1 Å². The molecule has 0 saturated carbocycles. The molecule has 82 valence electrons. The van der Waals surface area contributed by atoms with Gasteiger partial charge in [-0.25, -0.2) is 4.98 Å². The molecule has 0 fully saturated rings. The number of nitrogens with one attached hydrogen (secondary N) is 1. The van der Waals surface area contributed by atoms with Gasteiger partial charge < -0.3 is 11.1 Å². The van der Waals surface area contributed by atoms with E-state index >= 15 is 0 Å². The topological polar surface area (TPSA) is 76.7 Å². The molecule has 16 heavy (non-hydrogen) atoms. The Labute approximate surface area is 93.7 Å². The monoisotopic (exact) mass is 215 g/mol. The van der Waals surface area contributed by atoms with E-state index in [-0.39, 0.29) is 0 Å². The average molecular weight is 215 g/mol. The van der Waals surface area contributed by atoms with Crippen LogP contribution in [0.3, 0.4) is 0 Å². The lowest BCUT2D eigenvalue weighted by atomic mass is 10.3. The highest BCUT2D eigenvalue weighted by Crippen LogP contribution is 2.14. The first-order valence-electron chi connectivity index (χ1n) is 4.95. The predicted octanol–water partition coefficient (Wildman–Crippen LogP) is 1.81. The summed E-state index contributed by atoms with van der Waals surface area (Å²) in [5.74, 6) is 0.493. The Hall–Kier alpha value is -2.17. The second-order valence-electron chi connectivity index (χ2n) is 3.55.